The summed E-state index contributed by atoms with van der Waals surface area (Å²) in [5.41, 5.74) is 1.52. The van der Waals surface area contributed by atoms with E-state index in [2.05, 4.69) is 0 Å². The number of rotatable bonds is 4. The maximum atomic E-state index is 6.50. The molecule has 5 heteroatoms. The Bertz CT molecular complexity index is 594. The topological polar surface area (TPSA) is 18.5 Å². The summed E-state index contributed by atoms with van der Waals surface area (Å²) in [6.07, 6.45) is 0. The van der Waals surface area contributed by atoms with Gasteiger partial charge in [-0.3, -0.25) is 0 Å². The molecule has 2 rings (SSSR count). The molecule has 1 atom stereocenters. The van der Waals surface area contributed by atoms with Gasteiger partial charge in [0.25, 0.3) is 0 Å². The molecule has 106 valence electrons. The molecule has 0 aromatic heterocycles. The van der Waals surface area contributed by atoms with E-state index < -0.39 is 5.38 Å². The van der Waals surface area contributed by atoms with Crippen LogP contribution >= 0.6 is 34.8 Å². The number of hydrogen-bond acceptors (Lipinski definition) is 2. The van der Waals surface area contributed by atoms with Crippen molar-refractivity contribution < 1.29 is 9.47 Å². The molecular formula is C15H13Cl3O2. The van der Waals surface area contributed by atoms with E-state index in [-0.39, 0.29) is 0 Å². The van der Waals surface area contributed by atoms with Crippen molar-refractivity contribution in [3.63, 3.8) is 0 Å². The summed E-state index contributed by atoms with van der Waals surface area (Å²) in [5, 5.41) is 0.607. The molecule has 0 aliphatic rings. The largest absolute Gasteiger partial charge is 0.493 e. The van der Waals surface area contributed by atoms with Crippen LogP contribution in [0.3, 0.4) is 0 Å². The first kappa shape index (κ1) is 15.3. The smallest absolute Gasteiger partial charge is 0.161 e. The van der Waals surface area contributed by atoms with Crippen LogP contribution in [-0.2, 0) is 0 Å². The van der Waals surface area contributed by atoms with E-state index in [1.165, 1.54) is 0 Å². The summed E-state index contributed by atoms with van der Waals surface area (Å²) >= 11 is 18.9. The first-order chi connectivity index (χ1) is 9.58. The normalized spacial score (nSPS) is 12.1. The van der Waals surface area contributed by atoms with Crippen LogP contribution in [0.25, 0.3) is 0 Å². The van der Waals surface area contributed by atoms with Gasteiger partial charge in [-0.15, -0.1) is 11.6 Å². The second kappa shape index (κ2) is 6.57. The van der Waals surface area contributed by atoms with E-state index in [9.17, 15) is 0 Å². The summed E-state index contributed by atoms with van der Waals surface area (Å²) in [7, 11) is 3.16. The second-order valence-electron chi connectivity index (χ2n) is 4.11. The summed E-state index contributed by atoms with van der Waals surface area (Å²) in [5.74, 6) is 1.25. The van der Waals surface area contributed by atoms with Gasteiger partial charge in [-0.05, 0) is 29.8 Å². The van der Waals surface area contributed by atoms with Crippen LogP contribution in [0.15, 0.2) is 36.4 Å². The number of ether oxygens (including phenoxy) is 2. The lowest BCUT2D eigenvalue weighted by Crippen LogP contribution is -1.98. The van der Waals surface area contributed by atoms with Gasteiger partial charge in [0, 0.05) is 15.6 Å². The molecule has 2 aromatic rings. The van der Waals surface area contributed by atoms with Gasteiger partial charge in [-0.2, -0.15) is 0 Å². The molecule has 2 aromatic carbocycles. The number of hydrogen-bond donors (Lipinski definition) is 0. The Hall–Kier alpha value is -1.09. The molecule has 0 bridgehead atoms. The molecule has 0 saturated carbocycles. The Kier molecular flexibility index (Phi) is 5.03. The van der Waals surface area contributed by atoms with Gasteiger partial charge < -0.3 is 9.47 Å². The summed E-state index contributed by atoms with van der Waals surface area (Å²) in [6.45, 7) is 0. The maximum Gasteiger partial charge on any atom is 0.161 e. The van der Waals surface area contributed by atoms with Crippen molar-refractivity contribution in [3.05, 3.63) is 57.6 Å². The molecule has 2 nitrogen and oxygen atoms in total. The first-order valence-corrected chi connectivity index (χ1v) is 7.07. The van der Waals surface area contributed by atoms with E-state index in [0.717, 1.165) is 5.56 Å². The van der Waals surface area contributed by atoms with Gasteiger partial charge in [0.15, 0.2) is 11.5 Å². The van der Waals surface area contributed by atoms with Crippen LogP contribution in [0.4, 0.5) is 0 Å². The summed E-state index contributed by atoms with van der Waals surface area (Å²) in [4.78, 5) is 0. The monoisotopic (exact) mass is 330 g/mol. The second-order valence-corrected chi connectivity index (χ2v) is 5.36. The fourth-order valence-corrected chi connectivity index (χ4v) is 3.03. The summed E-state index contributed by atoms with van der Waals surface area (Å²) in [6, 6.07) is 10.8. The summed E-state index contributed by atoms with van der Waals surface area (Å²) < 4.78 is 10.5. The Morgan fingerprint density at radius 1 is 0.900 bits per heavy atom. The Labute approximate surface area is 133 Å². The quantitative estimate of drug-likeness (QED) is 0.704. The number of alkyl halides is 1. The molecule has 0 saturated heterocycles. The zero-order chi connectivity index (χ0) is 14.7. The highest BCUT2D eigenvalue weighted by Crippen LogP contribution is 2.40. The van der Waals surface area contributed by atoms with Crippen LogP contribution in [0.5, 0.6) is 11.5 Å². The molecule has 1 unspecified atom stereocenters. The van der Waals surface area contributed by atoms with E-state index in [0.29, 0.717) is 27.1 Å². The molecule has 0 spiro atoms. The molecular weight excluding hydrogens is 319 g/mol. The van der Waals surface area contributed by atoms with Crippen LogP contribution in [0.2, 0.25) is 10.0 Å². The van der Waals surface area contributed by atoms with Gasteiger partial charge >= 0.3 is 0 Å². The van der Waals surface area contributed by atoms with Gasteiger partial charge in [0.1, 0.15) is 0 Å². The Balaban J connectivity index is 2.46. The minimum absolute atomic E-state index is 0.462. The van der Waals surface area contributed by atoms with Crippen LogP contribution < -0.4 is 9.47 Å². The average Bonchev–Trinajstić information content (AvgIpc) is 2.46. The lowest BCUT2D eigenvalue weighted by atomic mass is 10.0. The molecule has 0 fully saturated rings. The Morgan fingerprint density at radius 2 is 1.50 bits per heavy atom. The average molecular weight is 332 g/mol. The van der Waals surface area contributed by atoms with Crippen molar-refractivity contribution in [2.45, 2.75) is 5.38 Å². The standard InChI is InChI=1S/C15H13Cl3O2/c1-19-12-7-6-9(8-13(12)20-2)15(18)14-10(16)4-3-5-11(14)17/h3-8,15H,1-2H3. The van der Waals surface area contributed by atoms with Gasteiger partial charge in [0.05, 0.1) is 19.6 Å². The van der Waals surface area contributed by atoms with Crippen molar-refractivity contribution in [3.8, 4) is 11.5 Å². The molecule has 0 radical (unpaired) electrons. The van der Waals surface area contributed by atoms with E-state index in [1.54, 1.807) is 38.5 Å². The van der Waals surface area contributed by atoms with Crippen molar-refractivity contribution in [2.75, 3.05) is 14.2 Å². The van der Waals surface area contributed by atoms with Crippen molar-refractivity contribution in [1.82, 2.24) is 0 Å². The third-order valence-electron chi connectivity index (χ3n) is 2.95. The molecule has 0 heterocycles. The number of methoxy groups -OCH3 is 2. The van der Waals surface area contributed by atoms with Gasteiger partial charge in [-0.25, -0.2) is 0 Å². The SMILES string of the molecule is COc1ccc(C(Cl)c2c(Cl)cccc2Cl)cc1OC. The third-order valence-corrected chi connectivity index (χ3v) is 4.08. The number of halogens is 3. The Morgan fingerprint density at radius 3 is 2.05 bits per heavy atom. The minimum atomic E-state index is -0.462. The fourth-order valence-electron chi connectivity index (χ4n) is 1.93. The molecule has 20 heavy (non-hydrogen) atoms. The molecule has 0 aliphatic carbocycles. The number of benzene rings is 2. The molecule has 0 amide bonds. The fraction of sp³-hybridized carbons (Fsp3) is 0.200. The highest BCUT2D eigenvalue weighted by molar-refractivity contribution is 6.38. The zero-order valence-corrected chi connectivity index (χ0v) is 13.3. The van der Waals surface area contributed by atoms with E-state index in [4.69, 9.17) is 44.3 Å². The third kappa shape index (κ3) is 2.98. The van der Waals surface area contributed by atoms with Crippen molar-refractivity contribution >= 4 is 34.8 Å². The van der Waals surface area contributed by atoms with E-state index in [1.807, 2.05) is 12.1 Å². The predicted octanol–water partition coefficient (Wildman–Crippen LogP) is 5.34. The highest BCUT2D eigenvalue weighted by Gasteiger charge is 2.19. The lowest BCUT2D eigenvalue weighted by molar-refractivity contribution is 0.354. The lowest BCUT2D eigenvalue weighted by Gasteiger charge is -2.16. The minimum Gasteiger partial charge on any atom is -0.493 e. The maximum absolute atomic E-state index is 6.50. The zero-order valence-electron chi connectivity index (χ0n) is 11.0. The van der Waals surface area contributed by atoms with Crippen molar-refractivity contribution in [1.29, 1.82) is 0 Å². The van der Waals surface area contributed by atoms with Crippen molar-refractivity contribution in [2.24, 2.45) is 0 Å². The van der Waals surface area contributed by atoms with Gasteiger partial charge in [0.2, 0.25) is 0 Å². The van der Waals surface area contributed by atoms with Crippen LogP contribution in [0, 0.1) is 0 Å². The van der Waals surface area contributed by atoms with Gasteiger partial charge in [-0.1, -0.05) is 35.3 Å². The predicted molar refractivity (Wildman–Crippen MR) is 83.7 cm³/mol. The van der Waals surface area contributed by atoms with E-state index >= 15 is 0 Å². The van der Waals surface area contributed by atoms with Crippen LogP contribution in [-0.4, -0.2) is 14.2 Å². The first-order valence-electron chi connectivity index (χ1n) is 5.88. The van der Waals surface area contributed by atoms with Crippen LogP contribution in [0.1, 0.15) is 16.5 Å². The molecule has 0 N–H and O–H groups in total. The highest BCUT2D eigenvalue weighted by atomic mass is 35.5. The molecule has 0 aliphatic heterocycles.